The first-order valence-electron chi connectivity index (χ1n) is 6.80. The van der Waals surface area contributed by atoms with Gasteiger partial charge < -0.3 is 14.7 Å². The molecule has 0 radical (unpaired) electrons. The lowest BCUT2D eigenvalue weighted by Gasteiger charge is -2.27. The number of amides is 1. The number of nitrogens with zero attached hydrogens (tertiary/aromatic N) is 1. The molecule has 4 heteroatoms. The minimum Gasteiger partial charge on any atom is -0.395 e. The molecule has 20 heavy (non-hydrogen) atoms. The number of morpholine rings is 1. The Morgan fingerprint density at radius 1 is 1.40 bits per heavy atom. The molecule has 0 atom stereocenters. The lowest BCUT2D eigenvalue weighted by molar-refractivity contribution is 0.0302. The first kappa shape index (κ1) is 14.6. The Hall–Kier alpha value is -1.83. The fourth-order valence-electron chi connectivity index (χ4n) is 2.09. The second-order valence-electron chi connectivity index (χ2n) is 4.73. The molecule has 4 nitrogen and oxygen atoms in total. The highest BCUT2D eigenvalue weighted by Crippen LogP contribution is 2.14. The van der Waals surface area contributed by atoms with Gasteiger partial charge in [0.15, 0.2) is 0 Å². The standard InChI is InChI=1S/C16H19NO3/c1-13-5-6-14(4-2-3-9-18)15(12-13)16(19)17-7-10-20-11-8-17/h5-6,12,18H,3,7-11H2,1H3. The van der Waals surface area contributed by atoms with Crippen molar-refractivity contribution in [1.82, 2.24) is 4.90 Å². The molecular formula is C16H19NO3. The van der Waals surface area contributed by atoms with Crippen LogP contribution in [0.1, 0.15) is 27.9 Å². The molecule has 0 aliphatic carbocycles. The third-order valence-electron chi connectivity index (χ3n) is 3.16. The SMILES string of the molecule is Cc1ccc(C#CCCO)c(C(=O)N2CCOCC2)c1. The van der Waals surface area contributed by atoms with Crippen LogP contribution in [0.5, 0.6) is 0 Å². The molecule has 106 valence electrons. The number of aliphatic hydroxyl groups is 1. The fraction of sp³-hybridized carbons (Fsp3) is 0.438. The summed E-state index contributed by atoms with van der Waals surface area (Å²) in [6, 6.07) is 5.69. The second-order valence-corrected chi connectivity index (χ2v) is 4.73. The Labute approximate surface area is 119 Å². The van der Waals surface area contributed by atoms with Crippen LogP contribution in [0.25, 0.3) is 0 Å². The van der Waals surface area contributed by atoms with Crippen LogP contribution in [0, 0.1) is 18.8 Å². The van der Waals surface area contributed by atoms with Crippen LogP contribution in [-0.4, -0.2) is 48.8 Å². The molecule has 1 aliphatic heterocycles. The summed E-state index contributed by atoms with van der Waals surface area (Å²) in [5, 5.41) is 8.78. The fourth-order valence-corrected chi connectivity index (χ4v) is 2.09. The van der Waals surface area contributed by atoms with Gasteiger partial charge in [-0.2, -0.15) is 0 Å². The first-order valence-corrected chi connectivity index (χ1v) is 6.80. The molecule has 1 aliphatic rings. The minimum atomic E-state index is 0.00491. The Morgan fingerprint density at radius 2 is 2.15 bits per heavy atom. The average molecular weight is 273 g/mol. The van der Waals surface area contributed by atoms with Crippen molar-refractivity contribution in [2.45, 2.75) is 13.3 Å². The van der Waals surface area contributed by atoms with Gasteiger partial charge in [-0.05, 0) is 19.1 Å². The Kier molecular flexibility index (Phi) is 5.16. The van der Waals surface area contributed by atoms with Crippen molar-refractivity contribution in [3.05, 3.63) is 34.9 Å². The lowest BCUT2D eigenvalue weighted by Crippen LogP contribution is -2.41. The molecule has 0 bridgehead atoms. The van der Waals surface area contributed by atoms with E-state index >= 15 is 0 Å². The van der Waals surface area contributed by atoms with E-state index in [2.05, 4.69) is 11.8 Å². The lowest BCUT2D eigenvalue weighted by atomic mass is 10.0. The zero-order chi connectivity index (χ0) is 14.4. The smallest absolute Gasteiger partial charge is 0.255 e. The molecule has 1 aromatic carbocycles. The van der Waals surface area contributed by atoms with E-state index in [4.69, 9.17) is 9.84 Å². The van der Waals surface area contributed by atoms with Crippen molar-refractivity contribution in [3.63, 3.8) is 0 Å². The number of rotatable bonds is 2. The van der Waals surface area contributed by atoms with Crippen LogP contribution in [0.4, 0.5) is 0 Å². The van der Waals surface area contributed by atoms with E-state index in [1.807, 2.05) is 25.1 Å². The van der Waals surface area contributed by atoms with Gasteiger partial charge in [0.1, 0.15) is 0 Å². The largest absolute Gasteiger partial charge is 0.395 e. The van der Waals surface area contributed by atoms with Gasteiger partial charge in [0.05, 0.1) is 25.4 Å². The minimum absolute atomic E-state index is 0.00491. The van der Waals surface area contributed by atoms with Gasteiger partial charge >= 0.3 is 0 Å². The highest BCUT2D eigenvalue weighted by molar-refractivity contribution is 5.97. The van der Waals surface area contributed by atoms with E-state index < -0.39 is 0 Å². The van der Waals surface area contributed by atoms with Gasteiger partial charge in [0.2, 0.25) is 0 Å². The van der Waals surface area contributed by atoms with Crippen molar-refractivity contribution >= 4 is 5.91 Å². The number of hydrogen-bond acceptors (Lipinski definition) is 3. The Balaban J connectivity index is 2.26. The zero-order valence-electron chi connectivity index (χ0n) is 11.7. The number of carbonyl (C=O) groups is 1. The van der Waals surface area contributed by atoms with Crippen LogP contribution in [-0.2, 0) is 4.74 Å². The monoisotopic (exact) mass is 273 g/mol. The quantitative estimate of drug-likeness (QED) is 0.824. The molecule has 2 rings (SSSR count). The van der Waals surface area contributed by atoms with Gasteiger partial charge in [0.25, 0.3) is 5.91 Å². The zero-order valence-corrected chi connectivity index (χ0v) is 11.7. The third-order valence-corrected chi connectivity index (χ3v) is 3.16. The average Bonchev–Trinajstić information content (AvgIpc) is 2.49. The number of carbonyl (C=O) groups excluding carboxylic acids is 1. The third kappa shape index (κ3) is 3.60. The highest BCUT2D eigenvalue weighted by atomic mass is 16.5. The summed E-state index contributed by atoms with van der Waals surface area (Å²) in [6.07, 6.45) is 0.416. The summed E-state index contributed by atoms with van der Waals surface area (Å²) >= 11 is 0. The summed E-state index contributed by atoms with van der Waals surface area (Å²) < 4.78 is 5.27. The topological polar surface area (TPSA) is 49.8 Å². The first-order chi connectivity index (χ1) is 9.72. The van der Waals surface area contributed by atoms with Gasteiger partial charge in [0, 0.05) is 25.1 Å². The van der Waals surface area contributed by atoms with Crippen LogP contribution in [0.15, 0.2) is 18.2 Å². The molecule has 1 N–H and O–H groups in total. The molecule has 0 saturated carbocycles. The van der Waals surface area contributed by atoms with Gasteiger partial charge in [-0.1, -0.05) is 23.5 Å². The number of ether oxygens (including phenoxy) is 1. The Bertz CT molecular complexity index is 536. The summed E-state index contributed by atoms with van der Waals surface area (Å²) in [5.41, 5.74) is 2.40. The maximum absolute atomic E-state index is 12.6. The summed E-state index contributed by atoms with van der Waals surface area (Å²) in [5.74, 6) is 5.85. The number of aryl methyl sites for hydroxylation is 1. The molecule has 1 aromatic rings. The van der Waals surface area contributed by atoms with Gasteiger partial charge in [-0.3, -0.25) is 4.79 Å². The van der Waals surface area contributed by atoms with Crippen LogP contribution < -0.4 is 0 Å². The number of hydrogen-bond donors (Lipinski definition) is 1. The normalized spacial score (nSPS) is 14.6. The molecule has 0 aromatic heterocycles. The predicted molar refractivity (Wildman–Crippen MR) is 76.5 cm³/mol. The van der Waals surface area contributed by atoms with E-state index in [0.29, 0.717) is 38.3 Å². The molecule has 1 fully saturated rings. The molecule has 0 unspecified atom stereocenters. The summed E-state index contributed by atoms with van der Waals surface area (Å²) in [7, 11) is 0. The highest BCUT2D eigenvalue weighted by Gasteiger charge is 2.20. The van der Waals surface area contributed by atoms with Crippen molar-refractivity contribution < 1.29 is 14.6 Å². The number of benzene rings is 1. The van der Waals surface area contributed by atoms with Crippen LogP contribution in [0.2, 0.25) is 0 Å². The van der Waals surface area contributed by atoms with Crippen molar-refractivity contribution in [3.8, 4) is 11.8 Å². The number of aliphatic hydroxyl groups excluding tert-OH is 1. The van der Waals surface area contributed by atoms with E-state index in [1.165, 1.54) is 0 Å². The molecule has 1 heterocycles. The molecule has 1 amide bonds. The summed E-state index contributed by atoms with van der Waals surface area (Å²) in [6.45, 7) is 4.41. The van der Waals surface area contributed by atoms with Crippen molar-refractivity contribution in [2.75, 3.05) is 32.9 Å². The molecule has 0 spiro atoms. The van der Waals surface area contributed by atoms with E-state index in [-0.39, 0.29) is 12.5 Å². The predicted octanol–water partition coefficient (Wildman–Crippen LogP) is 1.20. The van der Waals surface area contributed by atoms with Crippen molar-refractivity contribution in [1.29, 1.82) is 0 Å². The molecular weight excluding hydrogens is 254 g/mol. The Morgan fingerprint density at radius 3 is 2.85 bits per heavy atom. The van der Waals surface area contributed by atoms with Crippen molar-refractivity contribution in [2.24, 2.45) is 0 Å². The maximum Gasteiger partial charge on any atom is 0.255 e. The van der Waals surface area contributed by atoms with Gasteiger partial charge in [-0.25, -0.2) is 0 Å². The van der Waals surface area contributed by atoms with Crippen LogP contribution in [0.3, 0.4) is 0 Å². The maximum atomic E-state index is 12.6. The van der Waals surface area contributed by atoms with Crippen LogP contribution >= 0.6 is 0 Å². The van der Waals surface area contributed by atoms with E-state index in [1.54, 1.807) is 4.90 Å². The van der Waals surface area contributed by atoms with E-state index in [9.17, 15) is 4.79 Å². The van der Waals surface area contributed by atoms with E-state index in [0.717, 1.165) is 11.1 Å². The summed E-state index contributed by atoms with van der Waals surface area (Å²) in [4.78, 5) is 14.4. The van der Waals surface area contributed by atoms with Gasteiger partial charge in [-0.15, -0.1) is 0 Å². The molecule has 1 saturated heterocycles. The second kappa shape index (κ2) is 7.09.